The molecule has 3 rings (SSSR count). The Morgan fingerprint density at radius 3 is 2.57 bits per heavy atom. The lowest BCUT2D eigenvalue weighted by molar-refractivity contribution is 0.218. The average molecular weight is 331 g/mol. The third kappa shape index (κ3) is 2.88. The number of aromatic nitrogens is 1. The summed E-state index contributed by atoms with van der Waals surface area (Å²) in [6.07, 6.45) is 6.07. The number of nitrogens with zero attached hydrogens (tertiary/aromatic N) is 2. The first-order valence-corrected chi connectivity index (χ1v) is 9.69. The molecule has 0 bridgehead atoms. The summed E-state index contributed by atoms with van der Waals surface area (Å²) in [7, 11) is -3.41. The molecule has 2 unspecified atom stereocenters. The van der Waals surface area contributed by atoms with Gasteiger partial charge >= 0.3 is 0 Å². The van der Waals surface area contributed by atoms with E-state index in [1.165, 1.54) is 0 Å². The summed E-state index contributed by atoms with van der Waals surface area (Å²) < 4.78 is 29.6. The van der Waals surface area contributed by atoms with E-state index in [1.807, 2.05) is 6.92 Å². The topological polar surface area (TPSA) is 42.3 Å². The molecule has 1 aromatic heterocycles. The largest absolute Gasteiger partial charge is 0.346 e. The van der Waals surface area contributed by atoms with Crippen LogP contribution in [-0.2, 0) is 15.9 Å². The number of alkyl halides is 1. The SMILES string of the molecule is CC1CCC(C)N(S(=O)(=O)c2cc(CCl)n(C3CC3)c2)C1. The molecular formula is C15H23ClN2O2S. The van der Waals surface area contributed by atoms with Gasteiger partial charge in [0.25, 0.3) is 0 Å². The van der Waals surface area contributed by atoms with Crippen molar-refractivity contribution in [2.45, 2.75) is 62.4 Å². The first kappa shape index (κ1) is 15.4. The van der Waals surface area contributed by atoms with Crippen LogP contribution in [0.2, 0.25) is 0 Å². The van der Waals surface area contributed by atoms with Gasteiger partial charge in [0.15, 0.2) is 0 Å². The van der Waals surface area contributed by atoms with Gasteiger partial charge in [0.2, 0.25) is 10.0 Å². The van der Waals surface area contributed by atoms with Gasteiger partial charge in [-0.25, -0.2) is 8.42 Å². The fourth-order valence-electron chi connectivity index (χ4n) is 3.16. The van der Waals surface area contributed by atoms with Gasteiger partial charge in [-0.3, -0.25) is 0 Å². The maximum atomic E-state index is 12.9. The van der Waals surface area contributed by atoms with Crippen molar-refractivity contribution in [1.82, 2.24) is 8.87 Å². The van der Waals surface area contributed by atoms with Gasteiger partial charge in [-0.05, 0) is 44.6 Å². The molecular weight excluding hydrogens is 308 g/mol. The Labute approximate surface area is 132 Å². The number of piperidine rings is 1. The number of sulfonamides is 1. The van der Waals surface area contributed by atoms with Crippen LogP contribution in [0.1, 0.15) is 51.3 Å². The first-order chi connectivity index (χ1) is 9.93. The molecule has 2 heterocycles. The molecule has 1 aromatic rings. The van der Waals surface area contributed by atoms with Crippen molar-refractivity contribution < 1.29 is 8.42 Å². The molecule has 0 radical (unpaired) electrons. The van der Waals surface area contributed by atoms with E-state index in [4.69, 9.17) is 11.6 Å². The van der Waals surface area contributed by atoms with Gasteiger partial charge < -0.3 is 4.57 Å². The van der Waals surface area contributed by atoms with E-state index in [0.29, 0.717) is 29.3 Å². The van der Waals surface area contributed by atoms with E-state index in [-0.39, 0.29) is 6.04 Å². The van der Waals surface area contributed by atoms with Crippen LogP contribution < -0.4 is 0 Å². The summed E-state index contributed by atoms with van der Waals surface area (Å²) in [5, 5.41) is 0. The zero-order valence-corrected chi connectivity index (χ0v) is 14.2. The molecule has 2 aliphatic rings. The minimum Gasteiger partial charge on any atom is -0.346 e. The molecule has 1 saturated heterocycles. The van der Waals surface area contributed by atoms with Crippen LogP contribution >= 0.6 is 11.6 Å². The number of rotatable bonds is 4. The summed E-state index contributed by atoms with van der Waals surface area (Å²) in [4.78, 5) is 0.408. The monoisotopic (exact) mass is 330 g/mol. The van der Waals surface area contributed by atoms with Gasteiger partial charge in [-0.15, -0.1) is 11.6 Å². The van der Waals surface area contributed by atoms with E-state index in [1.54, 1.807) is 16.6 Å². The Morgan fingerprint density at radius 1 is 1.24 bits per heavy atom. The molecule has 0 amide bonds. The predicted octanol–water partition coefficient (Wildman–Crippen LogP) is 3.37. The highest BCUT2D eigenvalue weighted by Gasteiger charge is 2.35. The van der Waals surface area contributed by atoms with Crippen molar-refractivity contribution in [3.05, 3.63) is 18.0 Å². The van der Waals surface area contributed by atoms with Crippen LogP contribution in [0.15, 0.2) is 17.2 Å². The Morgan fingerprint density at radius 2 is 1.95 bits per heavy atom. The molecule has 21 heavy (non-hydrogen) atoms. The second-order valence-corrected chi connectivity index (χ2v) is 8.70. The minimum absolute atomic E-state index is 0.0786. The summed E-state index contributed by atoms with van der Waals surface area (Å²) in [6, 6.07) is 2.28. The van der Waals surface area contributed by atoms with E-state index < -0.39 is 10.0 Å². The maximum absolute atomic E-state index is 12.9. The molecule has 1 aliphatic carbocycles. The molecule has 0 spiro atoms. The summed E-state index contributed by atoms with van der Waals surface area (Å²) >= 11 is 5.98. The molecule has 4 nitrogen and oxygen atoms in total. The van der Waals surface area contributed by atoms with E-state index in [9.17, 15) is 8.42 Å². The minimum atomic E-state index is -3.41. The molecule has 0 aromatic carbocycles. The molecule has 1 aliphatic heterocycles. The lowest BCUT2D eigenvalue weighted by Crippen LogP contribution is -2.44. The Bertz CT molecular complexity index is 622. The van der Waals surface area contributed by atoms with Crippen molar-refractivity contribution >= 4 is 21.6 Å². The maximum Gasteiger partial charge on any atom is 0.244 e. The standard InChI is InChI=1S/C15H23ClN2O2S/c1-11-3-4-12(2)18(9-11)21(19,20)15-7-14(8-16)17(10-15)13-5-6-13/h7,10-13H,3-6,8-9H2,1-2H3. The quantitative estimate of drug-likeness (QED) is 0.794. The zero-order chi connectivity index (χ0) is 15.2. The number of hydrogen-bond donors (Lipinski definition) is 0. The third-order valence-corrected chi connectivity index (χ3v) is 6.87. The molecule has 118 valence electrons. The van der Waals surface area contributed by atoms with Crippen LogP contribution in [0.25, 0.3) is 0 Å². The van der Waals surface area contributed by atoms with Crippen LogP contribution in [0.4, 0.5) is 0 Å². The molecule has 2 atom stereocenters. The van der Waals surface area contributed by atoms with Gasteiger partial charge in [-0.2, -0.15) is 4.31 Å². The van der Waals surface area contributed by atoms with E-state index in [2.05, 4.69) is 11.5 Å². The second-order valence-electron chi connectivity index (χ2n) is 6.55. The van der Waals surface area contributed by atoms with Crippen molar-refractivity contribution in [3.8, 4) is 0 Å². The predicted molar refractivity (Wildman–Crippen MR) is 84.0 cm³/mol. The van der Waals surface area contributed by atoms with Gasteiger partial charge in [-0.1, -0.05) is 6.92 Å². The fraction of sp³-hybridized carbons (Fsp3) is 0.733. The van der Waals surface area contributed by atoms with Crippen LogP contribution in [0, 0.1) is 5.92 Å². The van der Waals surface area contributed by atoms with Crippen molar-refractivity contribution in [2.75, 3.05) is 6.54 Å². The van der Waals surface area contributed by atoms with Crippen LogP contribution in [0.5, 0.6) is 0 Å². The Balaban J connectivity index is 1.94. The summed E-state index contributed by atoms with van der Waals surface area (Å²) in [5.74, 6) is 0.784. The van der Waals surface area contributed by atoms with Gasteiger partial charge in [0.05, 0.1) is 5.88 Å². The van der Waals surface area contributed by atoms with Crippen molar-refractivity contribution in [3.63, 3.8) is 0 Å². The lowest BCUT2D eigenvalue weighted by Gasteiger charge is -2.35. The highest BCUT2D eigenvalue weighted by atomic mass is 35.5. The summed E-state index contributed by atoms with van der Waals surface area (Å²) in [6.45, 7) is 4.74. The highest BCUT2D eigenvalue weighted by Crippen LogP contribution is 2.38. The third-order valence-electron chi connectivity index (χ3n) is 4.65. The van der Waals surface area contributed by atoms with Crippen molar-refractivity contribution in [2.24, 2.45) is 5.92 Å². The van der Waals surface area contributed by atoms with Gasteiger partial charge in [0, 0.05) is 30.5 Å². The number of halogens is 1. The van der Waals surface area contributed by atoms with E-state index in [0.717, 1.165) is 31.4 Å². The lowest BCUT2D eigenvalue weighted by atomic mass is 9.97. The number of hydrogen-bond acceptors (Lipinski definition) is 2. The van der Waals surface area contributed by atoms with Gasteiger partial charge in [0.1, 0.15) is 4.90 Å². The molecule has 0 N–H and O–H groups in total. The summed E-state index contributed by atoms with van der Waals surface area (Å²) in [5.41, 5.74) is 0.912. The van der Waals surface area contributed by atoms with Crippen LogP contribution in [0.3, 0.4) is 0 Å². The Hall–Kier alpha value is -0.520. The van der Waals surface area contributed by atoms with Crippen LogP contribution in [-0.4, -0.2) is 29.9 Å². The second kappa shape index (κ2) is 5.60. The first-order valence-electron chi connectivity index (χ1n) is 7.72. The Kier molecular flexibility index (Phi) is 4.10. The fourth-order valence-corrected chi connectivity index (χ4v) is 5.20. The molecule has 1 saturated carbocycles. The molecule has 6 heteroatoms. The van der Waals surface area contributed by atoms with Crippen molar-refractivity contribution in [1.29, 1.82) is 0 Å². The smallest absolute Gasteiger partial charge is 0.244 e. The van der Waals surface area contributed by atoms with E-state index >= 15 is 0 Å². The molecule has 2 fully saturated rings. The highest BCUT2D eigenvalue weighted by molar-refractivity contribution is 7.89. The average Bonchev–Trinajstić information content (AvgIpc) is 3.20. The zero-order valence-electron chi connectivity index (χ0n) is 12.6. The normalized spacial score (nSPS) is 28.0.